The number of benzene rings is 2. The maximum atomic E-state index is 13.3. The molecular weight excluding hydrogens is 688 g/mol. The quantitative estimate of drug-likeness (QED) is 0.155. The van der Waals surface area contributed by atoms with Crippen LogP contribution in [-0.2, 0) is 16.1 Å². The molecule has 2 amide bonds. The molecule has 4 N–H and O–H groups in total. The van der Waals surface area contributed by atoms with Crippen molar-refractivity contribution >= 4 is 34.9 Å². The number of fused-ring (bicyclic) bond motifs is 2. The minimum absolute atomic E-state index is 0.0741. The summed E-state index contributed by atoms with van der Waals surface area (Å²) in [7, 11) is 2.07. The average molecular weight is 731 g/mol. The Balaban J connectivity index is 1.03. The summed E-state index contributed by atoms with van der Waals surface area (Å²) < 4.78 is 1.58. The molecule has 2 saturated heterocycles. The van der Waals surface area contributed by atoms with Crippen LogP contribution in [0.3, 0.4) is 0 Å². The first-order valence-corrected chi connectivity index (χ1v) is 18.8. The van der Waals surface area contributed by atoms with Gasteiger partial charge in [0, 0.05) is 98.8 Å². The minimum atomic E-state index is -0.119. The Morgan fingerprint density at radius 1 is 0.868 bits per heavy atom. The summed E-state index contributed by atoms with van der Waals surface area (Å²) in [5.41, 5.74) is 8.80. The summed E-state index contributed by atoms with van der Waals surface area (Å²) in [6.07, 6.45) is 7.19. The number of nitrogens with zero attached hydrogens (tertiary/aromatic N) is 4. The van der Waals surface area contributed by atoms with Crippen LogP contribution in [0.25, 0.3) is 39.2 Å². The molecule has 2 aromatic carbocycles. The fraction of sp³-hybridized carbons (Fsp3) is 0.341. The van der Waals surface area contributed by atoms with E-state index in [1.807, 2.05) is 36.4 Å². The number of hydrogen-bond donors (Lipinski definition) is 4. The number of anilines is 1. The average Bonchev–Trinajstić information content (AvgIpc) is 3.79. The van der Waals surface area contributed by atoms with Gasteiger partial charge in [-0.2, -0.15) is 0 Å². The van der Waals surface area contributed by atoms with Gasteiger partial charge in [-0.1, -0.05) is 54.1 Å². The predicted molar refractivity (Wildman–Crippen MR) is 208 cm³/mol. The largest absolute Gasteiger partial charge is 0.359 e. The minimum Gasteiger partial charge on any atom is -0.359 e. The van der Waals surface area contributed by atoms with E-state index in [0.717, 1.165) is 82.8 Å². The third kappa shape index (κ3) is 7.04. The molecule has 53 heavy (non-hydrogen) atoms. The van der Waals surface area contributed by atoms with Crippen molar-refractivity contribution in [3.63, 3.8) is 0 Å². The Kier molecular flexibility index (Phi) is 9.72. The van der Waals surface area contributed by atoms with Gasteiger partial charge in [0.15, 0.2) is 0 Å². The number of carbonyl (C=O) groups excluding carboxylic acids is 2. The molecule has 0 spiro atoms. The molecular formula is C41H43ClN8O3. The van der Waals surface area contributed by atoms with Gasteiger partial charge in [0.1, 0.15) is 11.5 Å². The number of nitrogens with one attached hydrogen (secondary N) is 4. The summed E-state index contributed by atoms with van der Waals surface area (Å²) >= 11 is 7.25. The molecule has 8 rings (SSSR count). The van der Waals surface area contributed by atoms with E-state index in [0.29, 0.717) is 42.2 Å². The van der Waals surface area contributed by atoms with Crippen LogP contribution in [0.1, 0.15) is 54.8 Å². The van der Waals surface area contributed by atoms with Crippen LogP contribution < -0.4 is 31.7 Å². The Bertz CT molecular complexity index is 2290. The lowest BCUT2D eigenvalue weighted by Gasteiger charge is -2.33. The van der Waals surface area contributed by atoms with Crippen LogP contribution in [0, 0.1) is 6.92 Å². The fourth-order valence-electron chi connectivity index (χ4n) is 7.89. The highest BCUT2D eigenvalue weighted by Gasteiger charge is 2.28. The van der Waals surface area contributed by atoms with Gasteiger partial charge in [-0.25, -0.2) is 9.97 Å². The van der Waals surface area contributed by atoms with Gasteiger partial charge in [-0.3, -0.25) is 18.8 Å². The Labute approximate surface area is 313 Å². The SMILES string of the molecule is Cc1c(-c2ccn3c(=O)c(CNC[C@@H]4CCC(=O)N4)cnc3c2)cccc1-c1cccc(-c2ccc3c(n2)N(C)CC[C@@H]3NC[C@H]2CCC(=O)N2)c1Cl. The second kappa shape index (κ2) is 14.7. The number of pyridine rings is 2. The highest BCUT2D eigenvalue weighted by atomic mass is 35.5. The molecule has 3 aliphatic heterocycles. The summed E-state index contributed by atoms with van der Waals surface area (Å²) in [4.78, 5) is 48.5. The zero-order valence-electron chi connectivity index (χ0n) is 29.9. The summed E-state index contributed by atoms with van der Waals surface area (Å²) in [6, 6.07) is 20.8. The van der Waals surface area contributed by atoms with Crippen molar-refractivity contribution < 1.29 is 9.59 Å². The molecule has 12 heteroatoms. The monoisotopic (exact) mass is 730 g/mol. The van der Waals surface area contributed by atoms with E-state index in [-0.39, 0.29) is 35.5 Å². The lowest BCUT2D eigenvalue weighted by Crippen LogP contribution is -2.40. The van der Waals surface area contributed by atoms with E-state index in [2.05, 4.69) is 69.4 Å². The Morgan fingerprint density at radius 2 is 1.58 bits per heavy atom. The van der Waals surface area contributed by atoms with Crippen LogP contribution in [0.4, 0.5) is 5.82 Å². The van der Waals surface area contributed by atoms with Gasteiger partial charge in [-0.05, 0) is 66.6 Å². The number of halogens is 1. The standard InChI is InChI=1S/C41H43ClN8O3/c1-24-29(25-15-18-50-36(19-25)45-21-26(41(50)53)20-43-22-27-9-13-37(51)46-27)5-3-6-30(24)31-7-4-8-32(39(31)42)35-12-11-33-34(16-17-49(2)40(33)48-35)44-23-28-10-14-38(52)47-28/h3-8,11-12,15,18-19,21,27-28,34,43-44H,9-10,13-14,16-17,20,22-23H2,1-2H3,(H,46,51)(H,47,52)/t27-,28+,34-/m0/s1. The van der Waals surface area contributed by atoms with Crippen LogP contribution in [0.5, 0.6) is 0 Å². The normalized spacial score (nSPS) is 19.8. The molecule has 0 bridgehead atoms. The zero-order valence-corrected chi connectivity index (χ0v) is 30.7. The van der Waals surface area contributed by atoms with Crippen molar-refractivity contribution in [1.82, 2.24) is 35.6 Å². The third-order valence-corrected chi connectivity index (χ3v) is 11.3. The van der Waals surface area contributed by atoms with E-state index < -0.39 is 0 Å². The van der Waals surface area contributed by atoms with E-state index in [9.17, 15) is 14.4 Å². The van der Waals surface area contributed by atoms with Crippen molar-refractivity contribution in [2.24, 2.45) is 0 Å². The molecule has 5 aromatic rings. The third-order valence-electron chi connectivity index (χ3n) is 10.9. The number of hydrogen-bond acceptors (Lipinski definition) is 8. The number of amides is 2. The first-order valence-electron chi connectivity index (χ1n) is 18.4. The van der Waals surface area contributed by atoms with Crippen molar-refractivity contribution in [1.29, 1.82) is 0 Å². The van der Waals surface area contributed by atoms with Crippen LogP contribution in [-0.4, -0.2) is 64.9 Å². The molecule has 2 fully saturated rings. The molecule has 3 atom stereocenters. The van der Waals surface area contributed by atoms with Crippen LogP contribution >= 0.6 is 11.6 Å². The highest BCUT2D eigenvalue weighted by Crippen LogP contribution is 2.41. The van der Waals surface area contributed by atoms with Crippen molar-refractivity contribution in [3.05, 3.63) is 105 Å². The number of carbonyl (C=O) groups is 2. The first kappa shape index (κ1) is 35.0. The van der Waals surface area contributed by atoms with E-state index >= 15 is 0 Å². The van der Waals surface area contributed by atoms with Gasteiger partial charge < -0.3 is 26.2 Å². The lowest BCUT2D eigenvalue weighted by atomic mass is 9.91. The predicted octanol–water partition coefficient (Wildman–Crippen LogP) is 5.17. The molecule has 11 nitrogen and oxygen atoms in total. The summed E-state index contributed by atoms with van der Waals surface area (Å²) in [5, 5.41) is 13.6. The van der Waals surface area contributed by atoms with Gasteiger partial charge in [0.05, 0.1) is 10.7 Å². The van der Waals surface area contributed by atoms with Crippen molar-refractivity contribution in [2.45, 2.75) is 63.7 Å². The smallest absolute Gasteiger partial charge is 0.262 e. The van der Waals surface area contributed by atoms with Gasteiger partial charge in [0.2, 0.25) is 11.8 Å². The number of rotatable bonds is 10. The maximum Gasteiger partial charge on any atom is 0.262 e. The second-order valence-corrected chi connectivity index (χ2v) is 14.8. The van der Waals surface area contributed by atoms with Crippen LogP contribution in [0.2, 0.25) is 5.02 Å². The summed E-state index contributed by atoms with van der Waals surface area (Å²) in [5.74, 6) is 1.14. The van der Waals surface area contributed by atoms with Gasteiger partial charge in [0.25, 0.3) is 5.56 Å². The molecule has 3 aliphatic rings. The molecule has 0 aliphatic carbocycles. The van der Waals surface area contributed by atoms with E-state index in [1.165, 1.54) is 0 Å². The van der Waals surface area contributed by atoms with E-state index in [1.54, 1.807) is 16.8 Å². The Hall–Kier alpha value is -5.10. The maximum absolute atomic E-state index is 13.3. The fourth-order valence-corrected chi connectivity index (χ4v) is 8.21. The van der Waals surface area contributed by atoms with E-state index in [4.69, 9.17) is 16.6 Å². The highest BCUT2D eigenvalue weighted by molar-refractivity contribution is 6.36. The molecule has 272 valence electrons. The zero-order chi connectivity index (χ0) is 36.6. The van der Waals surface area contributed by atoms with Gasteiger partial charge in [-0.15, -0.1) is 0 Å². The lowest BCUT2D eigenvalue weighted by molar-refractivity contribution is -0.120. The van der Waals surface area contributed by atoms with Crippen molar-refractivity contribution in [3.8, 4) is 33.5 Å². The first-order chi connectivity index (χ1) is 25.7. The molecule has 6 heterocycles. The molecule has 0 radical (unpaired) electrons. The molecule has 0 saturated carbocycles. The summed E-state index contributed by atoms with van der Waals surface area (Å²) in [6.45, 7) is 4.69. The van der Waals surface area contributed by atoms with Crippen LogP contribution in [0.15, 0.2) is 77.9 Å². The topological polar surface area (TPSA) is 133 Å². The molecule has 0 unspecified atom stereocenters. The molecule has 3 aromatic heterocycles. The van der Waals surface area contributed by atoms with Gasteiger partial charge >= 0.3 is 0 Å². The van der Waals surface area contributed by atoms with Crippen molar-refractivity contribution in [2.75, 3.05) is 31.6 Å². The number of aromatic nitrogens is 3. The Morgan fingerprint density at radius 3 is 2.34 bits per heavy atom. The second-order valence-electron chi connectivity index (χ2n) is 14.4.